The number of carbonyl (C=O) groups is 1. The second-order valence-corrected chi connectivity index (χ2v) is 4.94. The van der Waals surface area contributed by atoms with Crippen LogP contribution in [0.2, 0.25) is 0 Å². The maximum atomic E-state index is 13.9. The minimum atomic E-state index is -0.721. The van der Waals surface area contributed by atoms with Gasteiger partial charge in [-0.25, -0.2) is 4.39 Å². The summed E-state index contributed by atoms with van der Waals surface area (Å²) in [5, 5.41) is 10.8. The highest BCUT2D eigenvalue weighted by Gasteiger charge is 2.17. The Labute approximate surface area is 127 Å². The van der Waals surface area contributed by atoms with Crippen LogP contribution in [0.5, 0.6) is 11.5 Å². The van der Waals surface area contributed by atoms with Crippen molar-refractivity contribution < 1.29 is 18.8 Å². The Bertz CT molecular complexity index is 733. The normalized spacial score (nSPS) is 10.2. The lowest BCUT2D eigenvalue weighted by Gasteiger charge is -2.09. The molecule has 0 fully saturated rings. The minimum Gasteiger partial charge on any atom is -0.453 e. The van der Waals surface area contributed by atoms with Gasteiger partial charge in [0.05, 0.1) is 4.92 Å². The van der Waals surface area contributed by atoms with E-state index in [1.165, 1.54) is 37.3 Å². The Balaban J connectivity index is 2.37. The Morgan fingerprint density at radius 3 is 2.57 bits per heavy atom. The minimum absolute atomic E-state index is 0.110. The zero-order chi connectivity index (χ0) is 15.6. The summed E-state index contributed by atoms with van der Waals surface area (Å²) >= 11 is 3.06. The third-order valence-corrected chi connectivity index (χ3v) is 3.49. The Hall–Kier alpha value is -2.28. The summed E-state index contributed by atoms with van der Waals surface area (Å²) in [6.07, 6.45) is 0. The quantitative estimate of drug-likeness (QED) is 0.461. The molecule has 2 rings (SSSR count). The first-order chi connectivity index (χ1) is 9.90. The highest BCUT2D eigenvalue weighted by molar-refractivity contribution is 9.10. The van der Waals surface area contributed by atoms with E-state index in [2.05, 4.69) is 15.9 Å². The molecule has 0 saturated heterocycles. The van der Waals surface area contributed by atoms with E-state index in [0.717, 1.165) is 6.07 Å². The van der Waals surface area contributed by atoms with Gasteiger partial charge in [-0.15, -0.1) is 0 Å². The molecule has 0 aliphatic carbocycles. The Kier molecular flexibility index (Phi) is 4.32. The van der Waals surface area contributed by atoms with E-state index in [4.69, 9.17) is 4.74 Å². The number of carbonyl (C=O) groups excluding carboxylic acids is 1. The second kappa shape index (κ2) is 6.01. The van der Waals surface area contributed by atoms with Gasteiger partial charge in [0.25, 0.3) is 5.69 Å². The number of ether oxygens (including phenoxy) is 1. The molecule has 7 heteroatoms. The summed E-state index contributed by atoms with van der Waals surface area (Å²) in [7, 11) is 0. The van der Waals surface area contributed by atoms with Crippen molar-refractivity contribution in [1.29, 1.82) is 0 Å². The van der Waals surface area contributed by atoms with Crippen molar-refractivity contribution in [1.82, 2.24) is 0 Å². The molecule has 0 atom stereocenters. The van der Waals surface area contributed by atoms with Gasteiger partial charge in [-0.2, -0.15) is 0 Å². The van der Waals surface area contributed by atoms with E-state index in [9.17, 15) is 19.3 Å². The maximum absolute atomic E-state index is 13.9. The standard InChI is InChI=1S/C14H9BrFNO4/c1-8(18)9-5-6-12(10(16)7-9)21-13-4-2-3-11(14(13)15)17(19)20/h2-7H,1H3. The van der Waals surface area contributed by atoms with Gasteiger partial charge in [0, 0.05) is 11.6 Å². The molecule has 0 aromatic heterocycles. The molecule has 0 amide bonds. The van der Waals surface area contributed by atoms with Crippen molar-refractivity contribution in [3.05, 3.63) is 62.4 Å². The van der Waals surface area contributed by atoms with E-state index in [-0.39, 0.29) is 33.0 Å². The zero-order valence-electron chi connectivity index (χ0n) is 10.8. The lowest BCUT2D eigenvalue weighted by Crippen LogP contribution is -1.96. The van der Waals surface area contributed by atoms with Crippen LogP contribution in [0, 0.1) is 15.9 Å². The molecule has 0 bridgehead atoms. The summed E-state index contributed by atoms with van der Waals surface area (Å²) in [5.74, 6) is -1.00. The van der Waals surface area contributed by atoms with Gasteiger partial charge in [0.2, 0.25) is 0 Å². The number of rotatable bonds is 4. The number of ketones is 1. The molecule has 5 nitrogen and oxygen atoms in total. The van der Waals surface area contributed by atoms with Crippen molar-refractivity contribution >= 4 is 27.4 Å². The molecule has 0 saturated carbocycles. The molecule has 0 aliphatic heterocycles. The average molecular weight is 354 g/mol. The molecule has 0 spiro atoms. The third-order valence-electron chi connectivity index (χ3n) is 2.70. The molecule has 0 unspecified atom stereocenters. The second-order valence-electron chi connectivity index (χ2n) is 4.15. The summed E-state index contributed by atoms with van der Waals surface area (Å²) in [6.45, 7) is 1.33. The first-order valence-corrected chi connectivity index (χ1v) is 6.60. The van der Waals surface area contributed by atoms with Gasteiger partial charge in [-0.3, -0.25) is 14.9 Å². The van der Waals surface area contributed by atoms with Gasteiger partial charge < -0.3 is 4.74 Å². The van der Waals surface area contributed by atoms with Crippen molar-refractivity contribution in [2.75, 3.05) is 0 Å². The van der Waals surface area contributed by atoms with E-state index in [1.807, 2.05) is 0 Å². The monoisotopic (exact) mass is 353 g/mol. The molecule has 0 radical (unpaired) electrons. The topological polar surface area (TPSA) is 69.4 Å². The number of Topliss-reactive ketones (excluding diaryl/α,β-unsaturated/α-hetero) is 1. The molecular formula is C14H9BrFNO4. The van der Waals surface area contributed by atoms with Gasteiger partial charge in [0.15, 0.2) is 17.3 Å². The van der Waals surface area contributed by atoms with Crippen LogP contribution in [-0.2, 0) is 0 Å². The van der Waals surface area contributed by atoms with E-state index in [0.29, 0.717) is 0 Å². The Morgan fingerprint density at radius 2 is 2.00 bits per heavy atom. The fourth-order valence-electron chi connectivity index (χ4n) is 1.64. The van der Waals surface area contributed by atoms with Crippen LogP contribution >= 0.6 is 15.9 Å². The van der Waals surface area contributed by atoms with Crippen molar-refractivity contribution in [2.24, 2.45) is 0 Å². The van der Waals surface area contributed by atoms with E-state index >= 15 is 0 Å². The largest absolute Gasteiger partial charge is 0.453 e. The first-order valence-electron chi connectivity index (χ1n) is 5.81. The SMILES string of the molecule is CC(=O)c1ccc(Oc2cccc([N+](=O)[O-])c2Br)c(F)c1. The number of nitrogens with zero attached hydrogens (tertiary/aromatic N) is 1. The summed E-state index contributed by atoms with van der Waals surface area (Å²) in [5.41, 5.74) is 0.0335. The van der Waals surface area contributed by atoms with Gasteiger partial charge in [0.1, 0.15) is 10.2 Å². The molecular weight excluding hydrogens is 345 g/mol. The van der Waals surface area contributed by atoms with Crippen molar-refractivity contribution in [2.45, 2.75) is 6.92 Å². The van der Waals surface area contributed by atoms with E-state index in [1.54, 1.807) is 0 Å². The molecule has 2 aromatic carbocycles. The molecule has 2 aromatic rings. The number of halogens is 2. The average Bonchev–Trinajstić information content (AvgIpc) is 2.42. The summed E-state index contributed by atoms with van der Waals surface area (Å²) < 4.78 is 19.3. The predicted octanol–water partition coefficient (Wildman–Crippen LogP) is 4.49. The van der Waals surface area contributed by atoms with Crippen LogP contribution in [-0.4, -0.2) is 10.7 Å². The first kappa shape index (κ1) is 15.1. The lowest BCUT2D eigenvalue weighted by atomic mass is 10.1. The highest BCUT2D eigenvalue weighted by Crippen LogP contribution is 2.37. The van der Waals surface area contributed by atoms with Gasteiger partial charge >= 0.3 is 0 Å². The third kappa shape index (κ3) is 3.25. The van der Waals surface area contributed by atoms with Crippen LogP contribution in [0.25, 0.3) is 0 Å². The molecule has 108 valence electrons. The van der Waals surface area contributed by atoms with E-state index < -0.39 is 10.7 Å². The maximum Gasteiger partial charge on any atom is 0.287 e. The number of hydrogen-bond acceptors (Lipinski definition) is 4. The summed E-state index contributed by atoms with van der Waals surface area (Å²) in [6, 6.07) is 7.98. The number of nitro benzene ring substituents is 1. The van der Waals surface area contributed by atoms with Gasteiger partial charge in [-0.05, 0) is 47.1 Å². The van der Waals surface area contributed by atoms with Crippen molar-refractivity contribution in [3.63, 3.8) is 0 Å². The fraction of sp³-hybridized carbons (Fsp3) is 0.0714. The van der Waals surface area contributed by atoms with Crippen LogP contribution in [0.15, 0.2) is 40.9 Å². The van der Waals surface area contributed by atoms with Crippen LogP contribution in [0.4, 0.5) is 10.1 Å². The van der Waals surface area contributed by atoms with Gasteiger partial charge in [-0.1, -0.05) is 6.07 Å². The number of nitro groups is 1. The van der Waals surface area contributed by atoms with Crippen LogP contribution in [0.1, 0.15) is 17.3 Å². The fourth-order valence-corrected chi connectivity index (χ4v) is 2.13. The molecule has 0 aliphatic rings. The molecule has 21 heavy (non-hydrogen) atoms. The molecule has 0 N–H and O–H groups in total. The number of benzene rings is 2. The number of hydrogen-bond donors (Lipinski definition) is 0. The lowest BCUT2D eigenvalue weighted by molar-refractivity contribution is -0.385. The van der Waals surface area contributed by atoms with Crippen LogP contribution < -0.4 is 4.74 Å². The van der Waals surface area contributed by atoms with Crippen LogP contribution in [0.3, 0.4) is 0 Å². The van der Waals surface area contributed by atoms with Crippen molar-refractivity contribution in [3.8, 4) is 11.5 Å². The predicted molar refractivity (Wildman–Crippen MR) is 77.3 cm³/mol. The smallest absolute Gasteiger partial charge is 0.287 e. The zero-order valence-corrected chi connectivity index (χ0v) is 12.4. The summed E-state index contributed by atoms with van der Waals surface area (Å²) in [4.78, 5) is 21.4. The Morgan fingerprint density at radius 1 is 1.29 bits per heavy atom. The highest BCUT2D eigenvalue weighted by atomic mass is 79.9. The molecule has 0 heterocycles.